The number of amides is 2. The molecule has 0 unspecified atom stereocenters. The van der Waals surface area contributed by atoms with E-state index in [2.05, 4.69) is 15.5 Å². The number of carbonyl (C=O) groups excluding carboxylic acids is 2. The fourth-order valence-corrected chi connectivity index (χ4v) is 3.26. The molecule has 144 valence electrons. The maximum absolute atomic E-state index is 14.0. The summed E-state index contributed by atoms with van der Waals surface area (Å²) in [6.45, 7) is 2.91. The summed E-state index contributed by atoms with van der Waals surface area (Å²) in [5.74, 6) is -0.880. The van der Waals surface area contributed by atoms with Gasteiger partial charge in [-0.2, -0.15) is 0 Å². The number of para-hydroxylation sites is 1. The lowest BCUT2D eigenvalue weighted by atomic mass is 10.1. The predicted octanol–water partition coefficient (Wildman–Crippen LogP) is 1.14. The van der Waals surface area contributed by atoms with Crippen LogP contribution in [0.4, 0.5) is 10.1 Å². The summed E-state index contributed by atoms with van der Waals surface area (Å²) in [5.41, 5.74) is 0.597. The topological polar surface area (TPSA) is 77.8 Å². The quantitative estimate of drug-likeness (QED) is 0.768. The molecule has 1 aromatic carbocycles. The predicted molar refractivity (Wildman–Crippen MR) is 98.7 cm³/mol. The summed E-state index contributed by atoms with van der Waals surface area (Å²) < 4.78 is 19.5. The molecule has 2 aromatic rings. The standard InChI is InChI=1S/C19H23FN4O3/c1-21-18(25)19(26)22-13-16(17-7-4-12-27-17)24-10-8-23(9-11-24)15-6-3-2-5-14(15)20/h2-7,12,16H,8-11,13H2,1H3,(H,21,25)(H,22,26)/t16-/m1/s1. The second-order valence-corrected chi connectivity index (χ2v) is 6.29. The van der Waals surface area contributed by atoms with Crippen molar-refractivity contribution in [2.75, 3.05) is 44.7 Å². The number of likely N-dealkylation sites (N-methyl/N-ethyl adjacent to an activating group) is 1. The highest BCUT2D eigenvalue weighted by molar-refractivity contribution is 6.35. The Morgan fingerprint density at radius 3 is 2.48 bits per heavy atom. The Kier molecular flexibility index (Phi) is 6.08. The Bertz CT molecular complexity index is 773. The van der Waals surface area contributed by atoms with Gasteiger partial charge in [0.2, 0.25) is 0 Å². The Labute approximate surface area is 157 Å². The molecule has 8 heteroatoms. The van der Waals surface area contributed by atoms with E-state index in [1.807, 2.05) is 17.0 Å². The number of nitrogens with one attached hydrogen (secondary N) is 2. The number of rotatable bonds is 5. The molecule has 0 spiro atoms. The molecule has 1 aliphatic rings. The monoisotopic (exact) mass is 374 g/mol. The Balaban J connectivity index is 1.65. The van der Waals surface area contributed by atoms with E-state index in [0.717, 1.165) is 0 Å². The number of carbonyl (C=O) groups is 2. The Morgan fingerprint density at radius 2 is 1.85 bits per heavy atom. The molecule has 2 amide bonds. The molecule has 1 aliphatic heterocycles. The summed E-state index contributed by atoms with van der Waals surface area (Å²) in [6.07, 6.45) is 1.58. The highest BCUT2D eigenvalue weighted by Crippen LogP contribution is 2.25. The van der Waals surface area contributed by atoms with E-state index in [9.17, 15) is 14.0 Å². The van der Waals surface area contributed by atoms with Crippen LogP contribution in [0.2, 0.25) is 0 Å². The molecule has 1 atom stereocenters. The minimum atomic E-state index is -0.683. The number of halogens is 1. The molecule has 2 N–H and O–H groups in total. The van der Waals surface area contributed by atoms with Crippen LogP contribution >= 0.6 is 0 Å². The third-order valence-electron chi connectivity index (χ3n) is 4.71. The summed E-state index contributed by atoms with van der Waals surface area (Å²) in [5, 5.41) is 4.95. The molecule has 0 radical (unpaired) electrons. The van der Waals surface area contributed by atoms with E-state index in [1.54, 1.807) is 24.5 Å². The highest BCUT2D eigenvalue weighted by Gasteiger charge is 2.28. The lowest BCUT2D eigenvalue weighted by Crippen LogP contribution is -2.50. The average Bonchev–Trinajstić information content (AvgIpc) is 3.23. The summed E-state index contributed by atoms with van der Waals surface area (Å²) in [4.78, 5) is 27.4. The first-order valence-electron chi connectivity index (χ1n) is 8.87. The van der Waals surface area contributed by atoms with Gasteiger partial charge in [-0.05, 0) is 24.3 Å². The van der Waals surface area contributed by atoms with Crippen LogP contribution in [0, 0.1) is 5.82 Å². The second kappa shape index (κ2) is 8.68. The molecule has 27 heavy (non-hydrogen) atoms. The molecule has 0 bridgehead atoms. The van der Waals surface area contributed by atoms with E-state index in [1.165, 1.54) is 13.1 Å². The number of benzene rings is 1. The molecule has 1 aromatic heterocycles. The minimum absolute atomic E-state index is 0.198. The van der Waals surface area contributed by atoms with E-state index in [-0.39, 0.29) is 18.4 Å². The zero-order valence-electron chi connectivity index (χ0n) is 15.2. The van der Waals surface area contributed by atoms with E-state index in [4.69, 9.17) is 4.42 Å². The van der Waals surface area contributed by atoms with Crippen molar-refractivity contribution in [1.82, 2.24) is 15.5 Å². The zero-order valence-corrected chi connectivity index (χ0v) is 15.2. The van der Waals surface area contributed by atoms with Crippen LogP contribution in [0.15, 0.2) is 47.1 Å². The van der Waals surface area contributed by atoms with Crippen LogP contribution in [-0.4, -0.2) is 56.5 Å². The molecule has 2 heterocycles. The largest absolute Gasteiger partial charge is 0.468 e. The van der Waals surface area contributed by atoms with Crippen molar-refractivity contribution in [3.05, 3.63) is 54.2 Å². The smallest absolute Gasteiger partial charge is 0.309 e. The number of nitrogens with zero attached hydrogens (tertiary/aromatic N) is 2. The van der Waals surface area contributed by atoms with Gasteiger partial charge in [-0.3, -0.25) is 14.5 Å². The van der Waals surface area contributed by atoms with Crippen molar-refractivity contribution >= 4 is 17.5 Å². The van der Waals surface area contributed by atoms with Crippen molar-refractivity contribution in [3.63, 3.8) is 0 Å². The maximum Gasteiger partial charge on any atom is 0.309 e. The Hall–Kier alpha value is -2.87. The lowest BCUT2D eigenvalue weighted by Gasteiger charge is -2.39. The van der Waals surface area contributed by atoms with Gasteiger partial charge in [0.1, 0.15) is 11.6 Å². The van der Waals surface area contributed by atoms with Gasteiger partial charge in [0.15, 0.2) is 0 Å². The van der Waals surface area contributed by atoms with Crippen LogP contribution in [0.5, 0.6) is 0 Å². The van der Waals surface area contributed by atoms with Crippen LogP contribution < -0.4 is 15.5 Å². The van der Waals surface area contributed by atoms with Crippen molar-refractivity contribution in [3.8, 4) is 0 Å². The lowest BCUT2D eigenvalue weighted by molar-refractivity contribution is -0.139. The van der Waals surface area contributed by atoms with Crippen molar-refractivity contribution in [2.24, 2.45) is 0 Å². The van der Waals surface area contributed by atoms with Gasteiger partial charge in [-0.1, -0.05) is 12.1 Å². The van der Waals surface area contributed by atoms with Crippen LogP contribution in [0.1, 0.15) is 11.8 Å². The third-order valence-corrected chi connectivity index (χ3v) is 4.71. The second-order valence-electron chi connectivity index (χ2n) is 6.29. The van der Waals surface area contributed by atoms with Gasteiger partial charge in [0, 0.05) is 39.8 Å². The first kappa shape index (κ1) is 18.9. The third kappa shape index (κ3) is 4.46. The van der Waals surface area contributed by atoms with Crippen LogP contribution in [-0.2, 0) is 9.59 Å². The van der Waals surface area contributed by atoms with Crippen LogP contribution in [0.25, 0.3) is 0 Å². The number of furan rings is 1. The van der Waals surface area contributed by atoms with Gasteiger partial charge in [-0.15, -0.1) is 0 Å². The summed E-state index contributed by atoms with van der Waals surface area (Å²) in [6, 6.07) is 10.2. The molecule has 0 saturated carbocycles. The number of hydrogen-bond donors (Lipinski definition) is 2. The van der Waals surface area contributed by atoms with E-state index in [0.29, 0.717) is 37.6 Å². The van der Waals surface area contributed by atoms with Crippen molar-refractivity contribution < 1.29 is 18.4 Å². The van der Waals surface area contributed by atoms with Gasteiger partial charge in [0.05, 0.1) is 18.0 Å². The van der Waals surface area contributed by atoms with Gasteiger partial charge in [-0.25, -0.2) is 4.39 Å². The average molecular weight is 374 g/mol. The summed E-state index contributed by atoms with van der Waals surface area (Å²) >= 11 is 0. The fraction of sp³-hybridized carbons (Fsp3) is 0.368. The number of anilines is 1. The minimum Gasteiger partial charge on any atom is -0.468 e. The molecule has 3 rings (SSSR count). The van der Waals surface area contributed by atoms with E-state index >= 15 is 0 Å². The maximum atomic E-state index is 14.0. The Morgan fingerprint density at radius 1 is 1.11 bits per heavy atom. The molecule has 7 nitrogen and oxygen atoms in total. The first-order chi connectivity index (χ1) is 13.1. The normalized spacial score (nSPS) is 16.0. The van der Waals surface area contributed by atoms with Crippen LogP contribution in [0.3, 0.4) is 0 Å². The van der Waals surface area contributed by atoms with Gasteiger partial charge in [0.25, 0.3) is 0 Å². The number of hydrogen-bond acceptors (Lipinski definition) is 5. The molecular weight excluding hydrogens is 351 g/mol. The highest BCUT2D eigenvalue weighted by atomic mass is 19.1. The van der Waals surface area contributed by atoms with Gasteiger partial charge < -0.3 is 20.0 Å². The first-order valence-corrected chi connectivity index (χ1v) is 8.87. The molecule has 0 aliphatic carbocycles. The van der Waals surface area contributed by atoms with Gasteiger partial charge >= 0.3 is 11.8 Å². The fourth-order valence-electron chi connectivity index (χ4n) is 3.26. The molecule has 1 fully saturated rings. The SMILES string of the molecule is CNC(=O)C(=O)NC[C@H](c1ccco1)N1CCN(c2ccccc2F)CC1. The van der Waals surface area contributed by atoms with E-state index < -0.39 is 11.8 Å². The van der Waals surface area contributed by atoms with Crippen molar-refractivity contribution in [2.45, 2.75) is 6.04 Å². The molecule has 1 saturated heterocycles. The van der Waals surface area contributed by atoms with Crippen molar-refractivity contribution in [1.29, 1.82) is 0 Å². The summed E-state index contributed by atoms with van der Waals surface area (Å²) in [7, 11) is 1.41. The zero-order chi connectivity index (χ0) is 19.2. The molecular formula is C19H23FN4O3. The number of piperazine rings is 1.